The summed E-state index contributed by atoms with van der Waals surface area (Å²) < 4.78 is 0. The first kappa shape index (κ1) is 16.0. The van der Waals surface area contributed by atoms with Gasteiger partial charge >= 0.3 is 0 Å². The summed E-state index contributed by atoms with van der Waals surface area (Å²) in [5.41, 5.74) is 8.82. The molecule has 0 spiro atoms. The van der Waals surface area contributed by atoms with Crippen molar-refractivity contribution in [1.29, 1.82) is 0 Å². The van der Waals surface area contributed by atoms with Crippen molar-refractivity contribution < 1.29 is 14.4 Å². The van der Waals surface area contributed by atoms with Crippen LogP contribution in [0.4, 0.5) is 5.69 Å². The van der Waals surface area contributed by atoms with Crippen molar-refractivity contribution in [3.05, 3.63) is 99.6 Å². The number of benzene rings is 3. The summed E-state index contributed by atoms with van der Waals surface area (Å²) in [6.07, 6.45) is 0. The molecule has 3 aromatic rings. The van der Waals surface area contributed by atoms with Crippen molar-refractivity contribution in [1.82, 2.24) is 0 Å². The molecule has 4 nitrogen and oxygen atoms in total. The van der Waals surface area contributed by atoms with Gasteiger partial charge in [-0.05, 0) is 18.6 Å². The van der Waals surface area contributed by atoms with Crippen molar-refractivity contribution >= 4 is 23.0 Å². The topological polar surface area (TPSA) is 77.2 Å². The molecule has 0 saturated carbocycles. The number of fused-ring (bicyclic) bond motifs is 2. The Morgan fingerprint density at radius 1 is 0.808 bits per heavy atom. The molecule has 0 radical (unpaired) electrons. The molecule has 0 fully saturated rings. The Hall–Kier alpha value is -3.53. The second-order valence-electron chi connectivity index (χ2n) is 6.28. The molecular weight excluding hydrogens is 326 g/mol. The zero-order chi connectivity index (χ0) is 18.4. The molecule has 126 valence electrons. The van der Waals surface area contributed by atoms with Gasteiger partial charge in [-0.1, -0.05) is 54.6 Å². The number of carbonyl (C=O) groups is 3. The predicted octanol–water partition coefficient (Wildman–Crippen LogP) is 3.58. The fourth-order valence-corrected chi connectivity index (χ4v) is 3.37. The molecule has 0 aromatic heterocycles. The lowest BCUT2D eigenvalue weighted by Crippen LogP contribution is -2.24. The lowest BCUT2D eigenvalue weighted by molar-refractivity contribution is 0.0978. The Bertz CT molecular complexity index is 1100. The highest BCUT2D eigenvalue weighted by atomic mass is 16.1. The minimum atomic E-state index is -0.288. The highest BCUT2D eigenvalue weighted by Crippen LogP contribution is 2.34. The first-order chi connectivity index (χ1) is 12.5. The number of nitrogens with two attached hydrogens (primary N) is 1. The van der Waals surface area contributed by atoms with Gasteiger partial charge in [-0.25, -0.2) is 0 Å². The second kappa shape index (κ2) is 5.77. The quantitative estimate of drug-likeness (QED) is 0.446. The van der Waals surface area contributed by atoms with E-state index in [1.807, 2.05) is 6.07 Å². The molecule has 26 heavy (non-hydrogen) atoms. The highest BCUT2D eigenvalue weighted by molar-refractivity contribution is 6.31. The maximum atomic E-state index is 12.9. The molecule has 0 aliphatic heterocycles. The number of hydrogen-bond donors (Lipinski definition) is 1. The van der Waals surface area contributed by atoms with Gasteiger partial charge in [0.25, 0.3) is 0 Å². The predicted molar refractivity (Wildman–Crippen MR) is 98.8 cm³/mol. The van der Waals surface area contributed by atoms with Crippen LogP contribution in [0.25, 0.3) is 0 Å². The summed E-state index contributed by atoms with van der Waals surface area (Å²) in [4.78, 5) is 38.7. The van der Waals surface area contributed by atoms with E-state index in [9.17, 15) is 14.4 Å². The highest BCUT2D eigenvalue weighted by Gasteiger charge is 2.33. The standard InChI is InChI=1S/C22H15NO3/c1-12-16(20(24)13-7-3-2-4-8-13)11-17-18(19(12)23)22(26)15-10-6-5-9-14(15)21(17)25/h2-11H,23H2,1H3. The molecule has 3 aromatic carbocycles. The van der Waals surface area contributed by atoms with Gasteiger partial charge in [0.15, 0.2) is 17.3 Å². The minimum Gasteiger partial charge on any atom is -0.398 e. The van der Waals surface area contributed by atoms with Crippen LogP contribution in [0.2, 0.25) is 0 Å². The van der Waals surface area contributed by atoms with Gasteiger partial charge in [-0.15, -0.1) is 0 Å². The SMILES string of the molecule is Cc1c(C(=O)c2ccccc2)cc2c(c1N)C(=O)c1ccccc1C2=O. The Balaban J connectivity index is 1.95. The third-order valence-electron chi connectivity index (χ3n) is 4.80. The Morgan fingerprint density at radius 2 is 1.38 bits per heavy atom. The first-order valence-corrected chi connectivity index (χ1v) is 8.22. The van der Waals surface area contributed by atoms with E-state index in [0.717, 1.165) is 0 Å². The number of rotatable bonds is 2. The van der Waals surface area contributed by atoms with Crippen LogP contribution in [-0.2, 0) is 0 Å². The van der Waals surface area contributed by atoms with Gasteiger partial charge in [0.05, 0.1) is 5.56 Å². The van der Waals surface area contributed by atoms with Crippen molar-refractivity contribution in [2.75, 3.05) is 5.73 Å². The minimum absolute atomic E-state index is 0.189. The van der Waals surface area contributed by atoms with Crippen LogP contribution in [0.15, 0.2) is 60.7 Å². The Labute approximate surface area is 150 Å². The molecule has 2 N–H and O–H groups in total. The molecular formula is C22H15NO3. The lowest BCUT2D eigenvalue weighted by Gasteiger charge is -2.21. The van der Waals surface area contributed by atoms with E-state index in [2.05, 4.69) is 0 Å². The van der Waals surface area contributed by atoms with Crippen LogP contribution in [0.5, 0.6) is 0 Å². The van der Waals surface area contributed by atoms with Crippen molar-refractivity contribution in [2.24, 2.45) is 0 Å². The van der Waals surface area contributed by atoms with Crippen LogP contribution >= 0.6 is 0 Å². The third kappa shape index (κ3) is 2.19. The molecule has 0 saturated heterocycles. The van der Waals surface area contributed by atoms with E-state index < -0.39 is 0 Å². The van der Waals surface area contributed by atoms with E-state index in [-0.39, 0.29) is 34.2 Å². The molecule has 0 unspecified atom stereocenters. The van der Waals surface area contributed by atoms with Crippen LogP contribution in [0.3, 0.4) is 0 Å². The molecule has 0 atom stereocenters. The van der Waals surface area contributed by atoms with E-state index in [4.69, 9.17) is 5.73 Å². The fraction of sp³-hybridized carbons (Fsp3) is 0.0455. The molecule has 0 heterocycles. The molecule has 0 amide bonds. The monoisotopic (exact) mass is 341 g/mol. The Morgan fingerprint density at radius 3 is 2.04 bits per heavy atom. The summed E-state index contributed by atoms with van der Waals surface area (Å²) in [6, 6.07) is 17.0. The first-order valence-electron chi connectivity index (χ1n) is 8.22. The van der Waals surface area contributed by atoms with E-state index in [1.165, 1.54) is 6.07 Å². The second-order valence-corrected chi connectivity index (χ2v) is 6.28. The fourth-order valence-electron chi connectivity index (χ4n) is 3.37. The van der Waals surface area contributed by atoms with Crippen LogP contribution in [0, 0.1) is 6.92 Å². The summed E-state index contributed by atoms with van der Waals surface area (Å²) in [5, 5.41) is 0. The average Bonchev–Trinajstić information content (AvgIpc) is 2.68. The van der Waals surface area contributed by atoms with Crippen LogP contribution < -0.4 is 5.73 Å². The molecule has 0 bridgehead atoms. The smallest absolute Gasteiger partial charge is 0.196 e. The maximum Gasteiger partial charge on any atom is 0.196 e. The van der Waals surface area contributed by atoms with Crippen molar-refractivity contribution in [3.63, 3.8) is 0 Å². The van der Waals surface area contributed by atoms with Gasteiger partial charge in [-0.2, -0.15) is 0 Å². The number of nitrogen functional groups attached to an aromatic ring is 1. The lowest BCUT2D eigenvalue weighted by atomic mass is 9.80. The van der Waals surface area contributed by atoms with Gasteiger partial charge < -0.3 is 5.73 Å². The summed E-state index contributed by atoms with van der Waals surface area (Å²) in [7, 11) is 0. The van der Waals surface area contributed by atoms with E-state index >= 15 is 0 Å². The molecule has 1 aliphatic carbocycles. The maximum absolute atomic E-state index is 12.9. The largest absolute Gasteiger partial charge is 0.398 e. The number of hydrogen-bond acceptors (Lipinski definition) is 4. The van der Waals surface area contributed by atoms with E-state index in [1.54, 1.807) is 55.5 Å². The van der Waals surface area contributed by atoms with Gasteiger partial charge in [0.2, 0.25) is 0 Å². The summed E-state index contributed by atoms with van der Waals surface area (Å²) in [5.74, 6) is -0.796. The van der Waals surface area contributed by atoms with Crippen molar-refractivity contribution in [3.8, 4) is 0 Å². The number of carbonyl (C=O) groups excluding carboxylic acids is 3. The van der Waals surface area contributed by atoms with Crippen LogP contribution in [-0.4, -0.2) is 17.3 Å². The van der Waals surface area contributed by atoms with Crippen LogP contribution in [0.1, 0.15) is 53.3 Å². The van der Waals surface area contributed by atoms with Gasteiger partial charge in [0, 0.05) is 33.5 Å². The molecule has 4 rings (SSSR count). The number of ketones is 3. The normalized spacial score (nSPS) is 12.5. The molecule has 1 aliphatic rings. The van der Waals surface area contributed by atoms with E-state index in [0.29, 0.717) is 27.8 Å². The van der Waals surface area contributed by atoms with Crippen molar-refractivity contribution in [2.45, 2.75) is 6.92 Å². The summed E-state index contributed by atoms with van der Waals surface area (Å²) >= 11 is 0. The summed E-state index contributed by atoms with van der Waals surface area (Å²) in [6.45, 7) is 1.70. The molecule has 4 heteroatoms. The zero-order valence-electron chi connectivity index (χ0n) is 14.1. The Kier molecular flexibility index (Phi) is 3.55. The third-order valence-corrected chi connectivity index (χ3v) is 4.80. The van der Waals surface area contributed by atoms with Gasteiger partial charge in [-0.3, -0.25) is 14.4 Å². The average molecular weight is 341 g/mol. The van der Waals surface area contributed by atoms with Gasteiger partial charge in [0.1, 0.15) is 0 Å². The zero-order valence-corrected chi connectivity index (χ0v) is 14.1. The number of anilines is 1.